The fourth-order valence-corrected chi connectivity index (χ4v) is 0.271. The van der Waals surface area contributed by atoms with E-state index in [1.807, 2.05) is 0 Å². The summed E-state index contributed by atoms with van der Waals surface area (Å²) in [6.45, 7) is 0. The Morgan fingerprint density at radius 3 is 2.00 bits per heavy atom. The van der Waals surface area contributed by atoms with Crippen molar-refractivity contribution < 1.29 is 14.5 Å². The van der Waals surface area contributed by atoms with E-state index in [0.717, 1.165) is 0 Å². The first kappa shape index (κ1) is 8.80. The standard InChI is InChI=1S/C4H13N3O2/c1-6(8-3)7(2,5)9-4/h5H,1-4H3. The van der Waals surface area contributed by atoms with Crippen LogP contribution < -0.4 is 0 Å². The lowest BCUT2D eigenvalue weighted by atomic mass is 11.2. The SMILES string of the molecule is CON(C)[N+](C)([NH-])OC. The molecule has 0 amide bonds. The van der Waals surface area contributed by atoms with Gasteiger partial charge in [0.15, 0.2) is 0 Å². The molecule has 1 unspecified atom stereocenters. The second kappa shape index (κ2) is 3.09. The van der Waals surface area contributed by atoms with Crippen LogP contribution in [-0.4, -0.2) is 38.4 Å². The zero-order chi connectivity index (χ0) is 7.49. The number of quaternary nitrogens is 1. The Bertz CT molecular complexity index is 85.9. The van der Waals surface area contributed by atoms with Crippen LogP contribution in [0.25, 0.3) is 5.84 Å². The summed E-state index contributed by atoms with van der Waals surface area (Å²) < 4.78 is 0. The van der Waals surface area contributed by atoms with Gasteiger partial charge in [-0.15, -0.1) is 4.86 Å². The smallest absolute Gasteiger partial charge is 0.110 e. The minimum Gasteiger partial charge on any atom is -0.409 e. The van der Waals surface area contributed by atoms with E-state index < -0.39 is 4.86 Å². The van der Waals surface area contributed by atoms with E-state index in [9.17, 15) is 0 Å². The van der Waals surface area contributed by atoms with Gasteiger partial charge in [-0.1, -0.05) is 0 Å². The highest BCUT2D eigenvalue weighted by Gasteiger charge is 2.15. The van der Waals surface area contributed by atoms with E-state index >= 15 is 0 Å². The van der Waals surface area contributed by atoms with Gasteiger partial charge in [0.2, 0.25) is 0 Å². The van der Waals surface area contributed by atoms with Crippen LogP contribution in [0.2, 0.25) is 0 Å². The average molecular weight is 135 g/mol. The molecule has 0 aromatic heterocycles. The lowest BCUT2D eigenvalue weighted by Crippen LogP contribution is -2.47. The summed E-state index contributed by atoms with van der Waals surface area (Å²) >= 11 is 0. The molecule has 5 heteroatoms. The third-order valence-corrected chi connectivity index (χ3v) is 1.16. The zero-order valence-electron chi connectivity index (χ0n) is 6.21. The van der Waals surface area contributed by atoms with Crippen molar-refractivity contribution >= 4 is 0 Å². The van der Waals surface area contributed by atoms with Crippen molar-refractivity contribution in [2.24, 2.45) is 0 Å². The van der Waals surface area contributed by atoms with Gasteiger partial charge in [-0.3, -0.25) is 4.84 Å². The number of hydrogen-bond acceptors (Lipinski definition) is 3. The number of nitrogens with zero attached hydrogens (tertiary/aromatic N) is 2. The Morgan fingerprint density at radius 1 is 1.44 bits per heavy atom. The Morgan fingerprint density at radius 2 is 1.89 bits per heavy atom. The lowest BCUT2D eigenvalue weighted by Gasteiger charge is -2.36. The van der Waals surface area contributed by atoms with Gasteiger partial charge in [0, 0.05) is 0 Å². The summed E-state index contributed by atoms with van der Waals surface area (Å²) in [6.07, 6.45) is 0. The van der Waals surface area contributed by atoms with Gasteiger partial charge in [-0.2, -0.15) is 4.84 Å². The Balaban J connectivity index is 3.80. The van der Waals surface area contributed by atoms with E-state index in [1.165, 1.54) is 26.4 Å². The van der Waals surface area contributed by atoms with E-state index in [-0.39, 0.29) is 0 Å². The molecule has 5 nitrogen and oxygen atoms in total. The molecule has 0 spiro atoms. The molecule has 0 bridgehead atoms. The second-order valence-electron chi connectivity index (χ2n) is 1.71. The van der Waals surface area contributed by atoms with Crippen LogP contribution in [0.4, 0.5) is 0 Å². The summed E-state index contributed by atoms with van der Waals surface area (Å²) in [5.74, 6) is 7.30. The summed E-state index contributed by atoms with van der Waals surface area (Å²) in [4.78, 5) is 8.90. The second-order valence-corrected chi connectivity index (χ2v) is 1.71. The van der Waals surface area contributed by atoms with E-state index in [0.29, 0.717) is 0 Å². The van der Waals surface area contributed by atoms with E-state index in [4.69, 9.17) is 15.5 Å². The fourth-order valence-electron chi connectivity index (χ4n) is 0.271. The van der Waals surface area contributed by atoms with Crippen LogP contribution >= 0.6 is 0 Å². The largest absolute Gasteiger partial charge is 0.409 e. The molecule has 0 saturated carbocycles. The summed E-state index contributed by atoms with van der Waals surface area (Å²) in [7, 11) is 6.05. The summed E-state index contributed by atoms with van der Waals surface area (Å²) in [6, 6.07) is 0. The Hall–Kier alpha value is -0.200. The molecular formula is C4H13N3O2. The van der Waals surface area contributed by atoms with E-state index in [2.05, 4.69) is 0 Å². The third kappa shape index (κ3) is 2.25. The molecule has 0 heterocycles. The van der Waals surface area contributed by atoms with Crippen molar-refractivity contribution in [3.63, 3.8) is 0 Å². The van der Waals surface area contributed by atoms with Crippen LogP contribution in [0.5, 0.6) is 0 Å². The fraction of sp³-hybridized carbons (Fsp3) is 1.00. The average Bonchev–Trinajstić information content (AvgIpc) is 1.86. The zero-order valence-corrected chi connectivity index (χ0v) is 6.21. The molecule has 0 aromatic carbocycles. The van der Waals surface area contributed by atoms with Crippen molar-refractivity contribution in [3.8, 4) is 0 Å². The van der Waals surface area contributed by atoms with Crippen molar-refractivity contribution in [2.45, 2.75) is 0 Å². The maximum absolute atomic E-state index is 7.30. The molecule has 0 aliphatic rings. The van der Waals surface area contributed by atoms with Crippen LogP contribution in [0, 0.1) is 0 Å². The molecular weight excluding hydrogens is 122 g/mol. The number of rotatable bonds is 3. The maximum Gasteiger partial charge on any atom is 0.110 e. The van der Waals surface area contributed by atoms with Crippen molar-refractivity contribution in [2.75, 3.05) is 28.3 Å². The highest BCUT2D eigenvalue weighted by atomic mass is 16.9. The Labute approximate surface area is 55.0 Å². The molecule has 56 valence electrons. The molecule has 0 fully saturated rings. The molecule has 0 rings (SSSR count). The first-order valence-corrected chi connectivity index (χ1v) is 2.50. The predicted octanol–water partition coefficient (Wildman–Crippen LogP) is 0.370. The first-order valence-electron chi connectivity index (χ1n) is 2.50. The minimum absolute atomic E-state index is 0.490. The van der Waals surface area contributed by atoms with Gasteiger partial charge >= 0.3 is 0 Å². The van der Waals surface area contributed by atoms with Gasteiger partial charge in [-0.25, -0.2) is 0 Å². The van der Waals surface area contributed by atoms with Crippen LogP contribution in [0.15, 0.2) is 0 Å². The van der Waals surface area contributed by atoms with Crippen LogP contribution in [-0.2, 0) is 9.68 Å². The lowest BCUT2D eigenvalue weighted by molar-refractivity contribution is -1.16. The predicted molar refractivity (Wildman–Crippen MR) is 32.3 cm³/mol. The highest BCUT2D eigenvalue weighted by Crippen LogP contribution is 2.04. The molecule has 0 radical (unpaired) electrons. The quantitative estimate of drug-likeness (QED) is 0.415. The molecule has 9 heavy (non-hydrogen) atoms. The summed E-state index contributed by atoms with van der Waals surface area (Å²) in [5, 5.41) is 1.25. The maximum atomic E-state index is 7.30. The normalized spacial score (nSPS) is 18.0. The molecule has 0 aliphatic heterocycles. The van der Waals surface area contributed by atoms with E-state index in [1.54, 1.807) is 7.05 Å². The van der Waals surface area contributed by atoms with Gasteiger partial charge in [0.05, 0.1) is 21.3 Å². The first-order chi connectivity index (χ1) is 4.04. The molecule has 1 N–H and O–H groups in total. The van der Waals surface area contributed by atoms with Gasteiger partial charge in [0.25, 0.3) is 0 Å². The van der Waals surface area contributed by atoms with Crippen molar-refractivity contribution in [3.05, 3.63) is 5.84 Å². The highest BCUT2D eigenvalue weighted by molar-refractivity contribution is 4.04. The van der Waals surface area contributed by atoms with Crippen molar-refractivity contribution in [1.29, 1.82) is 0 Å². The van der Waals surface area contributed by atoms with Crippen molar-refractivity contribution in [1.82, 2.24) is 5.17 Å². The van der Waals surface area contributed by atoms with Gasteiger partial charge < -0.3 is 5.84 Å². The molecule has 0 aromatic rings. The number of hydroxylamine groups is 2. The number of hydrogen-bond donors (Lipinski definition) is 0. The molecule has 0 saturated heterocycles. The molecule has 0 aliphatic carbocycles. The Kier molecular flexibility index (Phi) is 3.02. The summed E-state index contributed by atoms with van der Waals surface area (Å²) in [5.41, 5.74) is 0. The van der Waals surface area contributed by atoms with Gasteiger partial charge in [0.1, 0.15) is 7.05 Å². The topological polar surface area (TPSA) is 45.5 Å². The van der Waals surface area contributed by atoms with Crippen LogP contribution in [0.1, 0.15) is 0 Å². The van der Waals surface area contributed by atoms with Crippen LogP contribution in [0.3, 0.4) is 0 Å². The number of nitrogens with one attached hydrogen (secondary N) is 1. The monoisotopic (exact) mass is 135 g/mol. The third-order valence-electron chi connectivity index (χ3n) is 1.16. The molecule has 1 atom stereocenters. The van der Waals surface area contributed by atoms with Gasteiger partial charge in [-0.05, 0) is 5.17 Å². The minimum atomic E-state index is -0.490.